The Bertz CT molecular complexity index is 757. The number of carbonyl (C=O) groups is 1. The monoisotopic (exact) mass is 271 g/mol. The molecule has 0 atom stereocenters. The lowest BCUT2D eigenvalue weighted by atomic mass is 10.1. The second-order valence-corrected chi connectivity index (χ2v) is 5.03. The second-order valence-electron chi connectivity index (χ2n) is 5.03. The lowest BCUT2D eigenvalue weighted by molar-refractivity contribution is 0.101. The maximum absolute atomic E-state index is 12.5. The molecule has 0 aliphatic rings. The van der Waals surface area contributed by atoms with Crippen molar-refractivity contribution in [3.8, 4) is 11.4 Å². The van der Waals surface area contributed by atoms with E-state index in [1.807, 2.05) is 32.0 Å². The van der Waals surface area contributed by atoms with Crippen molar-refractivity contribution in [3.63, 3.8) is 0 Å². The van der Waals surface area contributed by atoms with Crippen LogP contribution in [0.4, 0.5) is 0 Å². The van der Waals surface area contributed by atoms with Gasteiger partial charge in [0.2, 0.25) is 0 Å². The number of rotatable bonds is 2. The van der Waals surface area contributed by atoms with E-state index in [1.165, 1.54) is 17.6 Å². The molecule has 0 aliphatic heterocycles. The fourth-order valence-electron chi connectivity index (χ4n) is 2.31. The summed E-state index contributed by atoms with van der Waals surface area (Å²) in [6.07, 6.45) is 0. The van der Waals surface area contributed by atoms with Crippen LogP contribution in [0.2, 0.25) is 0 Å². The van der Waals surface area contributed by atoms with Crippen LogP contribution in [0.15, 0.2) is 29.1 Å². The molecule has 1 heterocycles. The third kappa shape index (κ3) is 2.25. The first-order valence-electron chi connectivity index (χ1n) is 6.37. The summed E-state index contributed by atoms with van der Waals surface area (Å²) < 4.78 is 1.47. The fourth-order valence-corrected chi connectivity index (χ4v) is 2.31. The van der Waals surface area contributed by atoms with Crippen LogP contribution in [0.25, 0.3) is 5.69 Å². The van der Waals surface area contributed by atoms with Crippen LogP contribution in [0, 0.1) is 20.8 Å². The van der Waals surface area contributed by atoms with E-state index < -0.39 is 11.3 Å². The number of carbonyl (C=O) groups excluding carboxylic acids is 1. The van der Waals surface area contributed by atoms with Crippen LogP contribution < -0.4 is 5.56 Å². The molecular formula is C16H17NO3. The molecule has 0 radical (unpaired) electrons. The van der Waals surface area contributed by atoms with Gasteiger partial charge in [-0.25, -0.2) is 0 Å². The van der Waals surface area contributed by atoms with E-state index in [4.69, 9.17) is 0 Å². The van der Waals surface area contributed by atoms with Crippen molar-refractivity contribution in [2.45, 2.75) is 27.7 Å². The molecule has 0 aliphatic carbocycles. The average Bonchev–Trinajstić information content (AvgIpc) is 2.32. The minimum Gasteiger partial charge on any atom is -0.507 e. The first-order chi connectivity index (χ1) is 9.32. The maximum atomic E-state index is 12.5. The van der Waals surface area contributed by atoms with Crippen LogP contribution in [-0.4, -0.2) is 15.5 Å². The number of benzene rings is 1. The van der Waals surface area contributed by atoms with Crippen LogP contribution in [0.1, 0.15) is 34.1 Å². The summed E-state index contributed by atoms with van der Waals surface area (Å²) in [7, 11) is 0. The predicted molar refractivity (Wildman–Crippen MR) is 77.9 cm³/mol. The van der Waals surface area contributed by atoms with Crippen molar-refractivity contribution in [1.82, 2.24) is 4.57 Å². The highest BCUT2D eigenvalue weighted by Crippen LogP contribution is 2.21. The van der Waals surface area contributed by atoms with E-state index in [0.29, 0.717) is 5.69 Å². The summed E-state index contributed by atoms with van der Waals surface area (Å²) in [5.41, 5.74) is 2.62. The Balaban J connectivity index is 2.88. The van der Waals surface area contributed by atoms with Crippen molar-refractivity contribution in [2.24, 2.45) is 0 Å². The van der Waals surface area contributed by atoms with Crippen LogP contribution in [-0.2, 0) is 0 Å². The summed E-state index contributed by atoms with van der Waals surface area (Å²) in [5.74, 6) is -0.701. The van der Waals surface area contributed by atoms with Gasteiger partial charge < -0.3 is 5.11 Å². The minimum absolute atomic E-state index is 0.170. The van der Waals surface area contributed by atoms with Gasteiger partial charge in [0, 0.05) is 11.8 Å². The van der Waals surface area contributed by atoms with Gasteiger partial charge >= 0.3 is 0 Å². The number of Topliss-reactive ketones (excluding diaryl/α,β-unsaturated/α-hetero) is 1. The lowest BCUT2D eigenvalue weighted by Gasteiger charge is -2.15. The van der Waals surface area contributed by atoms with E-state index in [0.717, 1.165) is 16.8 Å². The molecule has 4 heteroatoms. The third-order valence-corrected chi connectivity index (χ3v) is 3.33. The molecular weight excluding hydrogens is 254 g/mol. The Kier molecular flexibility index (Phi) is 3.49. The van der Waals surface area contributed by atoms with Gasteiger partial charge in [-0.15, -0.1) is 0 Å². The lowest BCUT2D eigenvalue weighted by Crippen LogP contribution is -2.26. The van der Waals surface area contributed by atoms with Crippen molar-refractivity contribution in [2.75, 3.05) is 0 Å². The number of aromatic nitrogens is 1. The van der Waals surface area contributed by atoms with E-state index >= 15 is 0 Å². The highest BCUT2D eigenvalue weighted by atomic mass is 16.3. The van der Waals surface area contributed by atoms with Crippen LogP contribution in [0.3, 0.4) is 0 Å². The molecule has 1 aromatic carbocycles. The Labute approximate surface area is 117 Å². The first-order valence-corrected chi connectivity index (χ1v) is 6.37. The first kappa shape index (κ1) is 14.1. The average molecular weight is 271 g/mol. The molecule has 2 aromatic rings. The Morgan fingerprint density at radius 3 is 2.40 bits per heavy atom. The SMILES string of the molecule is CC(=O)c1c(O)cc(C)n(-c2cc(C)ccc2C)c1=O. The van der Waals surface area contributed by atoms with Crippen LogP contribution >= 0.6 is 0 Å². The molecule has 0 fully saturated rings. The molecule has 4 nitrogen and oxygen atoms in total. The zero-order chi connectivity index (χ0) is 15.0. The zero-order valence-corrected chi connectivity index (χ0v) is 12.0. The van der Waals surface area contributed by atoms with E-state index in [9.17, 15) is 14.7 Å². The summed E-state index contributed by atoms with van der Waals surface area (Å²) in [5, 5.41) is 9.80. The highest BCUT2D eigenvalue weighted by molar-refractivity contribution is 5.96. The van der Waals surface area contributed by atoms with Crippen LogP contribution in [0.5, 0.6) is 5.75 Å². The number of pyridine rings is 1. The minimum atomic E-state index is -0.483. The Hall–Kier alpha value is -2.36. The summed E-state index contributed by atoms with van der Waals surface area (Å²) in [6.45, 7) is 6.85. The fraction of sp³-hybridized carbons (Fsp3) is 0.250. The van der Waals surface area contributed by atoms with Gasteiger partial charge in [0.25, 0.3) is 5.56 Å². The molecule has 0 saturated heterocycles. The van der Waals surface area contributed by atoms with Gasteiger partial charge in [0.15, 0.2) is 5.78 Å². The second kappa shape index (κ2) is 4.96. The predicted octanol–water partition coefficient (Wildman–Crippen LogP) is 2.67. The zero-order valence-electron chi connectivity index (χ0n) is 12.0. The molecule has 0 amide bonds. The van der Waals surface area contributed by atoms with Gasteiger partial charge in [0.1, 0.15) is 11.3 Å². The van der Waals surface area contributed by atoms with Gasteiger partial charge in [0.05, 0.1) is 5.69 Å². The standard InChI is InChI=1S/C16H17NO3/c1-9-5-6-10(2)13(7-9)17-11(3)8-14(19)15(12(4)18)16(17)20/h5-8,19H,1-4H3. The van der Waals surface area contributed by atoms with E-state index in [1.54, 1.807) is 6.92 Å². The molecule has 0 saturated carbocycles. The molecule has 0 spiro atoms. The molecule has 1 aromatic heterocycles. The molecule has 1 N–H and O–H groups in total. The van der Waals surface area contributed by atoms with E-state index in [2.05, 4.69) is 0 Å². The Morgan fingerprint density at radius 1 is 1.15 bits per heavy atom. The third-order valence-electron chi connectivity index (χ3n) is 3.33. The summed E-state index contributed by atoms with van der Waals surface area (Å²) in [6, 6.07) is 7.23. The molecule has 104 valence electrons. The normalized spacial score (nSPS) is 10.6. The largest absolute Gasteiger partial charge is 0.507 e. The van der Waals surface area contributed by atoms with E-state index in [-0.39, 0.29) is 11.3 Å². The van der Waals surface area contributed by atoms with Gasteiger partial charge in [-0.05, 0) is 44.9 Å². The van der Waals surface area contributed by atoms with Crippen molar-refractivity contribution >= 4 is 5.78 Å². The number of hydrogen-bond donors (Lipinski definition) is 1. The number of ketones is 1. The van der Waals surface area contributed by atoms with Gasteiger partial charge in [-0.1, -0.05) is 12.1 Å². The quantitative estimate of drug-likeness (QED) is 0.854. The number of aromatic hydroxyl groups is 1. The van der Waals surface area contributed by atoms with Crippen molar-refractivity contribution < 1.29 is 9.90 Å². The van der Waals surface area contributed by atoms with Gasteiger partial charge in [-0.2, -0.15) is 0 Å². The number of nitrogens with zero attached hydrogens (tertiary/aromatic N) is 1. The van der Waals surface area contributed by atoms with Gasteiger partial charge in [-0.3, -0.25) is 14.2 Å². The van der Waals surface area contributed by atoms with Crippen molar-refractivity contribution in [1.29, 1.82) is 0 Å². The maximum Gasteiger partial charge on any atom is 0.269 e. The molecule has 0 unspecified atom stereocenters. The summed E-state index contributed by atoms with van der Waals surface area (Å²) in [4.78, 5) is 24.1. The number of hydrogen-bond acceptors (Lipinski definition) is 3. The van der Waals surface area contributed by atoms with Crippen molar-refractivity contribution in [3.05, 3.63) is 57.0 Å². The topological polar surface area (TPSA) is 59.3 Å². The summed E-state index contributed by atoms with van der Waals surface area (Å²) >= 11 is 0. The number of aryl methyl sites for hydroxylation is 3. The Morgan fingerprint density at radius 2 is 1.80 bits per heavy atom. The smallest absolute Gasteiger partial charge is 0.269 e. The highest BCUT2D eigenvalue weighted by Gasteiger charge is 2.18. The molecule has 2 rings (SSSR count). The molecule has 20 heavy (non-hydrogen) atoms. The molecule has 0 bridgehead atoms.